The van der Waals surface area contributed by atoms with Crippen molar-refractivity contribution in [3.05, 3.63) is 48.0 Å². The van der Waals surface area contributed by atoms with Gasteiger partial charge in [-0.25, -0.2) is 0 Å². The van der Waals surface area contributed by atoms with Crippen LogP contribution >= 0.6 is 7.81 Å². The molecular weight excluding hydrogens is 389 g/mol. The van der Waals surface area contributed by atoms with Crippen molar-refractivity contribution in [1.29, 1.82) is 0 Å². The molecule has 0 bridgehead atoms. The molecule has 0 saturated heterocycles. The summed E-state index contributed by atoms with van der Waals surface area (Å²) >= 11 is 0. The standard InChI is InChI=1S/C15H19O2S.F6P/c16-7-9-18(10-8-17)12-13-5-6-14-3-1-2-4-15(14)11-13;1-7(2,3,4,5)6/h1-6,11,16-17H,7-10,12H2;/q+1;-1. The molecule has 2 aromatic rings. The smallest absolute Gasteiger partial charge is 0.133 e. The third-order valence-corrected chi connectivity index (χ3v) is 5.21. The van der Waals surface area contributed by atoms with E-state index >= 15 is 0 Å². The third-order valence-electron chi connectivity index (χ3n) is 2.94. The second-order valence-corrected chi connectivity index (χ2v) is 9.50. The van der Waals surface area contributed by atoms with Gasteiger partial charge in [-0.3, -0.25) is 0 Å². The zero-order valence-corrected chi connectivity index (χ0v) is 14.8. The first-order chi connectivity index (χ1) is 11.3. The molecule has 0 aliphatic rings. The molecule has 0 aliphatic heterocycles. The van der Waals surface area contributed by atoms with Crippen LogP contribution in [0.5, 0.6) is 0 Å². The van der Waals surface area contributed by atoms with Gasteiger partial charge in [0.25, 0.3) is 0 Å². The van der Waals surface area contributed by atoms with Gasteiger partial charge in [0.2, 0.25) is 0 Å². The maximum Gasteiger partial charge on any atom is 0.133 e. The first-order valence-electron chi connectivity index (χ1n) is 7.18. The Kier molecular flexibility index (Phi) is 6.78. The summed E-state index contributed by atoms with van der Waals surface area (Å²) in [6.07, 6.45) is 0. The van der Waals surface area contributed by atoms with Gasteiger partial charge in [0.05, 0.1) is 13.2 Å². The number of hydrogen-bond donors (Lipinski definition) is 2. The molecule has 0 spiro atoms. The quantitative estimate of drug-likeness (QED) is 0.386. The van der Waals surface area contributed by atoms with Crippen molar-refractivity contribution < 1.29 is 35.4 Å². The maximum absolute atomic E-state index is 10.7. The van der Waals surface area contributed by atoms with Gasteiger partial charge in [-0.1, -0.05) is 36.4 Å². The van der Waals surface area contributed by atoms with Crippen LogP contribution in [-0.2, 0) is 16.6 Å². The predicted molar refractivity (Wildman–Crippen MR) is 92.5 cm³/mol. The van der Waals surface area contributed by atoms with Crippen LogP contribution < -0.4 is 0 Å². The molecule has 0 unspecified atom stereocenters. The van der Waals surface area contributed by atoms with E-state index in [0.717, 1.165) is 17.3 Å². The Morgan fingerprint density at radius 3 is 1.72 bits per heavy atom. The number of halogens is 6. The minimum Gasteiger partial charge on any atom is -0.391 e. The van der Waals surface area contributed by atoms with E-state index in [4.69, 9.17) is 10.2 Å². The van der Waals surface area contributed by atoms with Crippen molar-refractivity contribution in [3.63, 3.8) is 0 Å². The van der Waals surface area contributed by atoms with Gasteiger partial charge in [-0.2, -0.15) is 0 Å². The summed E-state index contributed by atoms with van der Waals surface area (Å²) in [5, 5.41) is 20.6. The van der Waals surface area contributed by atoms with Crippen LogP contribution in [0.25, 0.3) is 10.8 Å². The summed E-state index contributed by atoms with van der Waals surface area (Å²) in [7, 11) is -10.6. The molecule has 0 aliphatic carbocycles. The van der Waals surface area contributed by atoms with Crippen molar-refractivity contribution in [3.8, 4) is 0 Å². The molecule has 144 valence electrons. The number of benzene rings is 2. The maximum atomic E-state index is 9.87. The van der Waals surface area contributed by atoms with E-state index in [1.165, 1.54) is 16.3 Å². The summed E-state index contributed by atoms with van der Waals surface area (Å²) in [6, 6.07) is 14.8. The Bertz CT molecular complexity index is 675. The SMILES string of the molecule is F[P-](F)(F)(F)(F)F.OCC[S+](CCO)Cc1ccc2ccccc2c1. The molecule has 0 saturated carbocycles. The molecule has 0 fully saturated rings. The average molecular weight is 408 g/mol. The van der Waals surface area contributed by atoms with Crippen molar-refractivity contribution in [2.75, 3.05) is 24.7 Å². The summed E-state index contributed by atoms with van der Waals surface area (Å²) in [5.41, 5.74) is 1.29. The fraction of sp³-hybridized carbons (Fsp3) is 0.333. The van der Waals surface area contributed by atoms with Crippen LogP contribution in [0.1, 0.15) is 5.56 Å². The molecule has 0 heterocycles. The molecule has 2 N–H and O–H groups in total. The molecule has 25 heavy (non-hydrogen) atoms. The van der Waals surface area contributed by atoms with Gasteiger partial charge in [-0.05, 0) is 27.7 Å². The van der Waals surface area contributed by atoms with Crippen LogP contribution in [-0.4, -0.2) is 34.9 Å². The monoisotopic (exact) mass is 408 g/mol. The summed E-state index contributed by atoms with van der Waals surface area (Å²) in [4.78, 5) is 0. The summed E-state index contributed by atoms with van der Waals surface area (Å²) in [6.45, 7) is 0.410. The predicted octanol–water partition coefficient (Wildman–Crippen LogP) is 5.33. The normalized spacial score (nSPS) is 14.6. The fourth-order valence-electron chi connectivity index (χ4n) is 2.07. The third kappa shape index (κ3) is 12.0. The minimum absolute atomic E-state index is 0.0816. The Morgan fingerprint density at radius 1 is 0.760 bits per heavy atom. The zero-order valence-electron chi connectivity index (χ0n) is 13.1. The first kappa shape index (κ1) is 22.0. The number of aliphatic hydroxyl groups excluding tert-OH is 2. The van der Waals surface area contributed by atoms with Gasteiger partial charge >= 0.3 is 33.0 Å². The van der Waals surface area contributed by atoms with Crippen LogP contribution in [0.3, 0.4) is 0 Å². The topological polar surface area (TPSA) is 40.5 Å². The van der Waals surface area contributed by atoms with E-state index < -0.39 is 7.81 Å². The van der Waals surface area contributed by atoms with E-state index in [0.29, 0.717) is 0 Å². The first-order valence-corrected chi connectivity index (χ1v) is 10.9. The molecular formula is C15H19F6O2PS. The number of rotatable bonds is 6. The van der Waals surface area contributed by atoms with Crippen molar-refractivity contribution in [1.82, 2.24) is 0 Å². The van der Waals surface area contributed by atoms with E-state index in [1.54, 1.807) is 0 Å². The molecule has 0 radical (unpaired) electrons. The van der Waals surface area contributed by atoms with Crippen molar-refractivity contribution >= 4 is 29.5 Å². The second-order valence-electron chi connectivity index (χ2n) is 5.25. The van der Waals surface area contributed by atoms with E-state index in [9.17, 15) is 25.2 Å². The van der Waals surface area contributed by atoms with Crippen LogP contribution in [0.15, 0.2) is 42.5 Å². The average Bonchev–Trinajstić information content (AvgIpc) is 2.44. The Morgan fingerprint density at radius 2 is 1.24 bits per heavy atom. The van der Waals surface area contributed by atoms with Gasteiger partial charge in [-0.15, -0.1) is 0 Å². The molecule has 0 amide bonds. The van der Waals surface area contributed by atoms with Gasteiger partial charge in [0, 0.05) is 5.56 Å². The Labute approximate surface area is 144 Å². The minimum atomic E-state index is -10.7. The molecule has 0 aromatic heterocycles. The van der Waals surface area contributed by atoms with Crippen LogP contribution in [0.4, 0.5) is 25.2 Å². The number of aliphatic hydroxyl groups is 2. The zero-order chi connectivity index (χ0) is 19.2. The van der Waals surface area contributed by atoms with Gasteiger partial charge < -0.3 is 10.2 Å². The Balaban J connectivity index is 0.000000381. The second kappa shape index (κ2) is 7.70. The molecule has 0 atom stereocenters. The van der Waals surface area contributed by atoms with Crippen molar-refractivity contribution in [2.24, 2.45) is 0 Å². The molecule has 2 rings (SSSR count). The summed E-state index contributed by atoms with van der Waals surface area (Å²) in [5.74, 6) is 2.52. The summed E-state index contributed by atoms with van der Waals surface area (Å²) < 4.78 is 59.2. The van der Waals surface area contributed by atoms with Crippen LogP contribution in [0.2, 0.25) is 0 Å². The van der Waals surface area contributed by atoms with E-state index in [-0.39, 0.29) is 24.1 Å². The van der Waals surface area contributed by atoms with Crippen molar-refractivity contribution in [2.45, 2.75) is 5.75 Å². The fourth-order valence-corrected chi connectivity index (χ4v) is 3.73. The molecule has 10 heteroatoms. The van der Waals surface area contributed by atoms with Gasteiger partial charge in [0.1, 0.15) is 17.3 Å². The largest absolute Gasteiger partial charge is 0.391 e. The van der Waals surface area contributed by atoms with E-state index in [2.05, 4.69) is 30.3 Å². The molecule has 2 aromatic carbocycles. The van der Waals surface area contributed by atoms with Gasteiger partial charge in [0.15, 0.2) is 0 Å². The Hall–Kier alpha value is -1.02. The molecule has 2 nitrogen and oxygen atoms in total. The number of hydrogen-bond acceptors (Lipinski definition) is 2. The van der Waals surface area contributed by atoms with Crippen LogP contribution in [0, 0.1) is 0 Å². The van der Waals surface area contributed by atoms with E-state index in [1.807, 2.05) is 12.1 Å². The number of fused-ring (bicyclic) bond motifs is 1.